The second-order valence-corrected chi connectivity index (χ2v) is 6.41. The van der Waals surface area contributed by atoms with E-state index in [9.17, 15) is 19.3 Å². The van der Waals surface area contributed by atoms with Crippen molar-refractivity contribution in [3.63, 3.8) is 0 Å². The fourth-order valence-corrected chi connectivity index (χ4v) is 3.64. The fraction of sp³-hybridized carbons (Fsp3) is 0.188. The van der Waals surface area contributed by atoms with Gasteiger partial charge in [0.25, 0.3) is 5.69 Å². The lowest BCUT2D eigenvalue weighted by Crippen LogP contribution is -2.34. The van der Waals surface area contributed by atoms with E-state index in [0.29, 0.717) is 12.1 Å². The van der Waals surface area contributed by atoms with E-state index in [1.54, 1.807) is 23.9 Å². The number of carbonyl (C=O) groups excluding carboxylic acids is 1. The molecule has 8 heteroatoms. The van der Waals surface area contributed by atoms with Crippen LogP contribution in [0.4, 0.5) is 20.6 Å². The number of hydrogen-bond donors (Lipinski definition) is 2. The number of benzene rings is 2. The van der Waals surface area contributed by atoms with Crippen LogP contribution in [-0.2, 0) is 0 Å². The lowest BCUT2D eigenvalue weighted by molar-refractivity contribution is -0.384. The molecule has 1 heterocycles. The SMILES string of the molecule is O=C(Nc1cccc([N+](=O)[O-])c1)NC1CCSc2ccc(F)cc21. The van der Waals surface area contributed by atoms with E-state index >= 15 is 0 Å². The van der Waals surface area contributed by atoms with Crippen LogP contribution >= 0.6 is 11.8 Å². The van der Waals surface area contributed by atoms with Gasteiger partial charge in [-0.25, -0.2) is 9.18 Å². The van der Waals surface area contributed by atoms with E-state index in [4.69, 9.17) is 0 Å². The second kappa shape index (κ2) is 6.88. The average molecular weight is 347 g/mol. The number of halogens is 1. The molecule has 0 spiro atoms. The van der Waals surface area contributed by atoms with Gasteiger partial charge in [0.1, 0.15) is 5.82 Å². The van der Waals surface area contributed by atoms with Crippen LogP contribution < -0.4 is 10.6 Å². The molecule has 124 valence electrons. The molecule has 1 unspecified atom stereocenters. The minimum absolute atomic E-state index is 0.103. The maximum Gasteiger partial charge on any atom is 0.319 e. The predicted molar refractivity (Wildman–Crippen MR) is 89.7 cm³/mol. The van der Waals surface area contributed by atoms with Gasteiger partial charge >= 0.3 is 6.03 Å². The molecule has 0 fully saturated rings. The molecule has 0 saturated carbocycles. The summed E-state index contributed by atoms with van der Waals surface area (Å²) in [5, 5.41) is 16.1. The van der Waals surface area contributed by atoms with Gasteiger partial charge in [-0.1, -0.05) is 6.07 Å². The zero-order valence-corrected chi connectivity index (χ0v) is 13.3. The Kier molecular flexibility index (Phi) is 4.66. The summed E-state index contributed by atoms with van der Waals surface area (Å²) in [6.07, 6.45) is 0.684. The maximum absolute atomic E-state index is 13.5. The number of amides is 2. The largest absolute Gasteiger partial charge is 0.331 e. The smallest absolute Gasteiger partial charge is 0.319 e. The molecule has 1 aliphatic heterocycles. The van der Waals surface area contributed by atoms with Gasteiger partial charge in [0, 0.05) is 28.5 Å². The summed E-state index contributed by atoms with van der Waals surface area (Å²) < 4.78 is 13.5. The third-order valence-electron chi connectivity index (χ3n) is 3.63. The first-order valence-corrected chi connectivity index (χ1v) is 8.26. The molecule has 0 saturated heterocycles. The molecule has 1 atom stereocenters. The van der Waals surface area contributed by atoms with Crippen molar-refractivity contribution in [2.45, 2.75) is 17.4 Å². The number of nitrogens with one attached hydrogen (secondary N) is 2. The minimum atomic E-state index is -0.527. The van der Waals surface area contributed by atoms with E-state index in [2.05, 4.69) is 10.6 Å². The molecule has 0 aromatic heterocycles. The number of nitro benzene ring substituents is 1. The number of nitrogens with zero attached hydrogens (tertiary/aromatic N) is 1. The molecular formula is C16H14FN3O3S. The minimum Gasteiger partial charge on any atom is -0.331 e. The third-order valence-corrected chi connectivity index (χ3v) is 4.75. The molecule has 6 nitrogen and oxygen atoms in total. The molecular weight excluding hydrogens is 333 g/mol. The van der Waals surface area contributed by atoms with Crippen LogP contribution in [0.15, 0.2) is 47.4 Å². The molecule has 3 rings (SSSR count). The van der Waals surface area contributed by atoms with Gasteiger partial charge in [-0.15, -0.1) is 11.8 Å². The predicted octanol–water partition coefficient (Wildman–Crippen LogP) is 4.09. The lowest BCUT2D eigenvalue weighted by Gasteiger charge is -2.26. The normalized spacial score (nSPS) is 16.1. The van der Waals surface area contributed by atoms with Crippen LogP contribution in [0.25, 0.3) is 0 Å². The fourth-order valence-electron chi connectivity index (χ4n) is 2.54. The van der Waals surface area contributed by atoms with Gasteiger partial charge in [-0.3, -0.25) is 10.1 Å². The number of thioether (sulfide) groups is 1. The highest BCUT2D eigenvalue weighted by atomic mass is 32.2. The van der Waals surface area contributed by atoms with Crippen molar-refractivity contribution in [1.82, 2.24) is 5.32 Å². The number of nitro groups is 1. The number of urea groups is 1. The van der Waals surface area contributed by atoms with Crippen LogP contribution in [0, 0.1) is 15.9 Å². The lowest BCUT2D eigenvalue weighted by atomic mass is 10.0. The first kappa shape index (κ1) is 16.3. The summed E-state index contributed by atoms with van der Waals surface area (Å²) in [5.41, 5.74) is 0.973. The van der Waals surface area contributed by atoms with Crippen LogP contribution in [0.5, 0.6) is 0 Å². The van der Waals surface area contributed by atoms with Gasteiger partial charge in [0.05, 0.1) is 11.0 Å². The first-order valence-electron chi connectivity index (χ1n) is 7.27. The Morgan fingerprint density at radius 1 is 1.29 bits per heavy atom. The number of carbonyl (C=O) groups is 1. The monoisotopic (exact) mass is 347 g/mol. The van der Waals surface area contributed by atoms with Gasteiger partial charge in [-0.2, -0.15) is 0 Å². The molecule has 0 aliphatic carbocycles. The number of fused-ring (bicyclic) bond motifs is 1. The van der Waals surface area contributed by atoms with Crippen molar-refractivity contribution in [2.75, 3.05) is 11.1 Å². The van der Waals surface area contributed by atoms with Gasteiger partial charge in [0.15, 0.2) is 0 Å². The van der Waals surface area contributed by atoms with Crippen LogP contribution in [-0.4, -0.2) is 16.7 Å². The summed E-state index contributed by atoms with van der Waals surface area (Å²) in [4.78, 5) is 23.3. The van der Waals surface area contributed by atoms with Gasteiger partial charge < -0.3 is 10.6 Å². The molecule has 0 radical (unpaired) electrons. The first-order chi connectivity index (χ1) is 11.5. The Labute approximate surface area is 141 Å². The van der Waals surface area contributed by atoms with Crippen molar-refractivity contribution in [3.8, 4) is 0 Å². The van der Waals surface area contributed by atoms with Crippen molar-refractivity contribution in [2.24, 2.45) is 0 Å². The highest BCUT2D eigenvalue weighted by Gasteiger charge is 2.23. The Morgan fingerprint density at radius 3 is 2.92 bits per heavy atom. The Morgan fingerprint density at radius 2 is 2.12 bits per heavy atom. The van der Waals surface area contributed by atoms with E-state index in [1.165, 1.54) is 30.3 Å². The zero-order valence-electron chi connectivity index (χ0n) is 12.5. The Bertz CT molecular complexity index is 800. The van der Waals surface area contributed by atoms with Crippen LogP contribution in [0.1, 0.15) is 18.0 Å². The average Bonchev–Trinajstić information content (AvgIpc) is 2.55. The van der Waals surface area contributed by atoms with Crippen molar-refractivity contribution < 1.29 is 14.1 Å². The maximum atomic E-state index is 13.5. The summed E-state index contributed by atoms with van der Waals surface area (Å²) in [6, 6.07) is 9.45. The molecule has 2 amide bonds. The number of rotatable bonds is 3. The van der Waals surface area contributed by atoms with Crippen LogP contribution in [0.3, 0.4) is 0 Å². The van der Waals surface area contributed by atoms with Gasteiger partial charge in [-0.05, 0) is 36.2 Å². The summed E-state index contributed by atoms with van der Waals surface area (Å²) in [6.45, 7) is 0. The molecule has 2 aromatic carbocycles. The molecule has 2 N–H and O–H groups in total. The van der Waals surface area contributed by atoms with Crippen molar-refractivity contribution in [3.05, 3.63) is 64.0 Å². The van der Waals surface area contributed by atoms with Crippen molar-refractivity contribution in [1.29, 1.82) is 0 Å². The van der Waals surface area contributed by atoms with E-state index in [1.807, 2.05) is 0 Å². The summed E-state index contributed by atoms with van der Waals surface area (Å²) in [7, 11) is 0. The molecule has 24 heavy (non-hydrogen) atoms. The molecule has 1 aliphatic rings. The van der Waals surface area contributed by atoms with Gasteiger partial charge in [0.2, 0.25) is 0 Å². The second-order valence-electron chi connectivity index (χ2n) is 5.28. The number of hydrogen-bond acceptors (Lipinski definition) is 4. The highest BCUT2D eigenvalue weighted by Crippen LogP contribution is 2.36. The van der Waals surface area contributed by atoms with E-state index < -0.39 is 11.0 Å². The topological polar surface area (TPSA) is 84.3 Å². The summed E-state index contributed by atoms with van der Waals surface area (Å²) >= 11 is 1.62. The Hall–Kier alpha value is -2.61. The zero-order chi connectivity index (χ0) is 17.1. The summed E-state index contributed by atoms with van der Waals surface area (Å²) in [5.74, 6) is 0.475. The standard InChI is InChI=1S/C16H14FN3O3S/c17-10-4-5-15-13(8-10)14(6-7-24-15)19-16(21)18-11-2-1-3-12(9-11)20(22)23/h1-5,8-9,14H,6-7H2,(H2,18,19,21). The van der Waals surface area contributed by atoms with Crippen LogP contribution in [0.2, 0.25) is 0 Å². The highest BCUT2D eigenvalue weighted by molar-refractivity contribution is 7.99. The molecule has 2 aromatic rings. The molecule has 0 bridgehead atoms. The van der Waals surface area contributed by atoms with Crippen molar-refractivity contribution >= 4 is 29.2 Å². The van der Waals surface area contributed by atoms with E-state index in [0.717, 1.165) is 16.2 Å². The Balaban J connectivity index is 1.71. The number of non-ortho nitro benzene ring substituents is 1. The number of anilines is 1. The third kappa shape index (κ3) is 3.65. The quantitative estimate of drug-likeness (QED) is 0.647. The van der Waals surface area contributed by atoms with E-state index in [-0.39, 0.29) is 17.5 Å².